The Kier molecular flexibility index (Phi) is 7.32. The summed E-state index contributed by atoms with van der Waals surface area (Å²) in [4.78, 5) is 4.27. The molecule has 1 aromatic carbocycles. The van der Waals surface area contributed by atoms with Gasteiger partial charge in [-0.2, -0.15) is 5.10 Å². The number of aromatic nitrogens is 2. The molecule has 25 heavy (non-hydrogen) atoms. The summed E-state index contributed by atoms with van der Waals surface area (Å²) in [6.07, 6.45) is 1.88. The van der Waals surface area contributed by atoms with Crippen LogP contribution < -0.4 is 15.4 Å². The Labute approximate surface area is 150 Å². The van der Waals surface area contributed by atoms with Crippen molar-refractivity contribution in [3.05, 3.63) is 47.3 Å². The standard InChI is InChI=1S/C19H29N5O/c1-15-14-16(2)24(23-15)13-7-11-21-19(20-3)22-12-10-17-8-5-6-9-18(17)25-4/h5-6,8-9,14H,7,10-13H2,1-4H3,(H2,20,21,22). The molecule has 0 bridgehead atoms. The first kappa shape index (κ1) is 18.8. The smallest absolute Gasteiger partial charge is 0.190 e. The minimum absolute atomic E-state index is 0.803. The lowest BCUT2D eigenvalue weighted by molar-refractivity contribution is 0.409. The molecule has 0 spiro atoms. The van der Waals surface area contributed by atoms with Crippen molar-refractivity contribution in [2.24, 2.45) is 4.99 Å². The topological polar surface area (TPSA) is 63.5 Å². The predicted molar refractivity (Wildman–Crippen MR) is 102 cm³/mol. The molecule has 0 atom stereocenters. The Morgan fingerprint density at radius 3 is 2.64 bits per heavy atom. The van der Waals surface area contributed by atoms with Gasteiger partial charge in [0.25, 0.3) is 0 Å². The first-order valence-electron chi connectivity index (χ1n) is 8.71. The Balaban J connectivity index is 1.69. The molecule has 0 aliphatic heterocycles. The van der Waals surface area contributed by atoms with Crippen molar-refractivity contribution < 1.29 is 4.74 Å². The quantitative estimate of drug-likeness (QED) is 0.439. The summed E-state index contributed by atoms with van der Waals surface area (Å²) in [5.74, 6) is 1.75. The summed E-state index contributed by atoms with van der Waals surface area (Å²) in [6, 6.07) is 10.2. The van der Waals surface area contributed by atoms with E-state index in [1.807, 2.05) is 25.1 Å². The number of guanidine groups is 1. The molecule has 2 aromatic rings. The van der Waals surface area contributed by atoms with E-state index in [9.17, 15) is 0 Å². The van der Waals surface area contributed by atoms with Crippen LogP contribution in [-0.4, -0.2) is 43.0 Å². The van der Waals surface area contributed by atoms with E-state index in [4.69, 9.17) is 4.74 Å². The number of benzene rings is 1. The number of rotatable bonds is 8. The third-order valence-corrected chi connectivity index (χ3v) is 4.05. The van der Waals surface area contributed by atoms with Gasteiger partial charge in [0.2, 0.25) is 0 Å². The average molecular weight is 343 g/mol. The molecular formula is C19H29N5O. The SMILES string of the molecule is CN=C(NCCCn1nc(C)cc1C)NCCc1ccccc1OC. The van der Waals surface area contributed by atoms with Gasteiger partial charge < -0.3 is 15.4 Å². The molecule has 1 heterocycles. The Bertz CT molecular complexity index is 693. The summed E-state index contributed by atoms with van der Waals surface area (Å²) in [5, 5.41) is 11.2. The lowest BCUT2D eigenvalue weighted by atomic mass is 10.1. The molecule has 0 aliphatic rings. The van der Waals surface area contributed by atoms with E-state index in [2.05, 4.69) is 44.5 Å². The molecule has 0 amide bonds. The van der Waals surface area contributed by atoms with E-state index >= 15 is 0 Å². The fourth-order valence-corrected chi connectivity index (χ4v) is 2.78. The molecular weight excluding hydrogens is 314 g/mol. The number of methoxy groups -OCH3 is 1. The van der Waals surface area contributed by atoms with Gasteiger partial charge in [0.15, 0.2) is 5.96 Å². The zero-order valence-corrected chi connectivity index (χ0v) is 15.7. The van der Waals surface area contributed by atoms with Crippen LogP contribution in [0.1, 0.15) is 23.4 Å². The molecule has 0 saturated carbocycles. The van der Waals surface area contributed by atoms with Crippen LogP contribution in [0.25, 0.3) is 0 Å². The molecule has 6 nitrogen and oxygen atoms in total. The third kappa shape index (κ3) is 5.81. The van der Waals surface area contributed by atoms with E-state index in [1.54, 1.807) is 14.2 Å². The Hall–Kier alpha value is -2.50. The van der Waals surface area contributed by atoms with Crippen molar-refractivity contribution in [3.8, 4) is 5.75 Å². The lowest BCUT2D eigenvalue weighted by Gasteiger charge is -2.13. The van der Waals surface area contributed by atoms with Gasteiger partial charge in [-0.25, -0.2) is 0 Å². The van der Waals surface area contributed by atoms with Crippen molar-refractivity contribution in [1.82, 2.24) is 20.4 Å². The normalized spacial score (nSPS) is 11.4. The fraction of sp³-hybridized carbons (Fsp3) is 0.474. The third-order valence-electron chi connectivity index (χ3n) is 4.05. The number of aliphatic imine (C=N–C) groups is 1. The van der Waals surface area contributed by atoms with Gasteiger partial charge in [-0.15, -0.1) is 0 Å². The largest absolute Gasteiger partial charge is 0.496 e. The van der Waals surface area contributed by atoms with Crippen LogP contribution in [0.4, 0.5) is 0 Å². The van der Waals surface area contributed by atoms with Gasteiger partial charge in [-0.1, -0.05) is 18.2 Å². The lowest BCUT2D eigenvalue weighted by Crippen LogP contribution is -2.39. The molecule has 2 rings (SSSR count). The number of hydrogen-bond donors (Lipinski definition) is 2. The minimum atomic E-state index is 0.803. The van der Waals surface area contributed by atoms with Gasteiger partial charge in [0.05, 0.1) is 12.8 Å². The van der Waals surface area contributed by atoms with Gasteiger partial charge in [0.1, 0.15) is 5.75 Å². The van der Waals surface area contributed by atoms with Crippen LogP contribution in [0.2, 0.25) is 0 Å². The van der Waals surface area contributed by atoms with E-state index in [0.717, 1.165) is 49.9 Å². The number of aryl methyl sites for hydroxylation is 3. The van der Waals surface area contributed by atoms with Gasteiger partial charge in [-0.05, 0) is 44.4 Å². The molecule has 6 heteroatoms. The molecule has 136 valence electrons. The van der Waals surface area contributed by atoms with Crippen molar-refractivity contribution in [3.63, 3.8) is 0 Å². The second-order valence-corrected chi connectivity index (χ2v) is 5.99. The maximum Gasteiger partial charge on any atom is 0.190 e. The highest BCUT2D eigenvalue weighted by molar-refractivity contribution is 5.79. The van der Waals surface area contributed by atoms with Gasteiger partial charge in [0, 0.05) is 32.4 Å². The number of para-hydroxylation sites is 1. The van der Waals surface area contributed by atoms with Crippen molar-refractivity contribution in [2.75, 3.05) is 27.2 Å². The van der Waals surface area contributed by atoms with Crippen LogP contribution in [0.3, 0.4) is 0 Å². The molecule has 2 N–H and O–H groups in total. The summed E-state index contributed by atoms with van der Waals surface area (Å²) in [7, 11) is 3.50. The number of nitrogens with zero attached hydrogens (tertiary/aromatic N) is 3. The number of nitrogens with one attached hydrogen (secondary N) is 2. The average Bonchev–Trinajstić information content (AvgIpc) is 2.94. The highest BCUT2D eigenvalue weighted by Gasteiger charge is 2.03. The molecule has 0 aliphatic carbocycles. The van der Waals surface area contributed by atoms with Crippen LogP contribution in [0.15, 0.2) is 35.3 Å². The predicted octanol–water partition coefficient (Wildman–Crippen LogP) is 2.31. The van der Waals surface area contributed by atoms with E-state index in [1.165, 1.54) is 11.3 Å². The minimum Gasteiger partial charge on any atom is -0.496 e. The molecule has 0 unspecified atom stereocenters. The zero-order chi connectivity index (χ0) is 18.1. The van der Waals surface area contributed by atoms with Crippen molar-refractivity contribution >= 4 is 5.96 Å². The number of ether oxygens (including phenoxy) is 1. The summed E-state index contributed by atoms with van der Waals surface area (Å²) < 4.78 is 7.43. The maximum absolute atomic E-state index is 5.38. The zero-order valence-electron chi connectivity index (χ0n) is 15.7. The molecule has 1 aromatic heterocycles. The van der Waals surface area contributed by atoms with E-state index in [0.29, 0.717) is 0 Å². The second kappa shape index (κ2) is 9.71. The number of hydrogen-bond acceptors (Lipinski definition) is 3. The van der Waals surface area contributed by atoms with Gasteiger partial charge in [-0.3, -0.25) is 9.67 Å². The summed E-state index contributed by atoms with van der Waals surface area (Å²) in [5.41, 5.74) is 3.47. The van der Waals surface area contributed by atoms with Crippen LogP contribution in [0, 0.1) is 13.8 Å². The summed E-state index contributed by atoms with van der Waals surface area (Å²) >= 11 is 0. The highest BCUT2D eigenvalue weighted by Crippen LogP contribution is 2.17. The van der Waals surface area contributed by atoms with Crippen molar-refractivity contribution in [1.29, 1.82) is 0 Å². The summed E-state index contributed by atoms with van der Waals surface area (Å²) in [6.45, 7) is 6.68. The fourth-order valence-electron chi connectivity index (χ4n) is 2.78. The van der Waals surface area contributed by atoms with Crippen LogP contribution in [-0.2, 0) is 13.0 Å². The van der Waals surface area contributed by atoms with E-state index in [-0.39, 0.29) is 0 Å². The van der Waals surface area contributed by atoms with Crippen LogP contribution in [0.5, 0.6) is 5.75 Å². The molecule has 0 fully saturated rings. The van der Waals surface area contributed by atoms with Crippen molar-refractivity contribution in [2.45, 2.75) is 33.2 Å². The first-order chi connectivity index (χ1) is 12.1. The maximum atomic E-state index is 5.38. The Morgan fingerprint density at radius 1 is 1.20 bits per heavy atom. The Morgan fingerprint density at radius 2 is 1.96 bits per heavy atom. The van der Waals surface area contributed by atoms with E-state index < -0.39 is 0 Å². The van der Waals surface area contributed by atoms with Crippen LogP contribution >= 0.6 is 0 Å². The molecule has 0 radical (unpaired) electrons. The highest BCUT2D eigenvalue weighted by atomic mass is 16.5. The first-order valence-corrected chi connectivity index (χ1v) is 8.71. The molecule has 0 saturated heterocycles. The monoisotopic (exact) mass is 343 g/mol. The van der Waals surface area contributed by atoms with Gasteiger partial charge >= 0.3 is 0 Å². The second-order valence-electron chi connectivity index (χ2n) is 5.99.